The summed E-state index contributed by atoms with van der Waals surface area (Å²) >= 11 is 1.39. The van der Waals surface area contributed by atoms with Crippen molar-refractivity contribution in [1.29, 1.82) is 0 Å². The number of aryl methyl sites for hydroxylation is 2. The first-order valence-electron chi connectivity index (χ1n) is 9.39. The Hall–Kier alpha value is -2.67. The molecule has 1 aromatic heterocycles. The van der Waals surface area contributed by atoms with Crippen LogP contribution in [0.15, 0.2) is 47.6 Å². The zero-order valence-electron chi connectivity index (χ0n) is 16.5. The van der Waals surface area contributed by atoms with Crippen molar-refractivity contribution in [1.82, 2.24) is 20.2 Å². The molecule has 3 aromatic rings. The number of para-hydroxylation sites is 1. The number of carbonyl (C=O) groups excluding carboxylic acids is 1. The molecule has 2 heterocycles. The molecule has 0 fully saturated rings. The smallest absolute Gasteiger partial charge is 0.240 e. The number of thioether (sulfide) groups is 1. The van der Waals surface area contributed by atoms with Gasteiger partial charge in [0.25, 0.3) is 0 Å². The first-order valence-corrected chi connectivity index (χ1v) is 10.3. The molecule has 0 aliphatic carbocycles. The van der Waals surface area contributed by atoms with E-state index < -0.39 is 0 Å². The molecule has 2 atom stereocenters. The van der Waals surface area contributed by atoms with E-state index in [4.69, 9.17) is 0 Å². The van der Waals surface area contributed by atoms with Gasteiger partial charge in [0.1, 0.15) is 0 Å². The second-order valence-electron chi connectivity index (χ2n) is 7.29. The largest absolute Gasteiger partial charge is 0.308 e. The molecule has 144 valence electrons. The van der Waals surface area contributed by atoms with Crippen molar-refractivity contribution in [2.75, 3.05) is 4.90 Å². The molecule has 1 amide bonds. The number of tetrazole rings is 1. The average molecular weight is 394 g/mol. The van der Waals surface area contributed by atoms with Crippen LogP contribution in [0, 0.1) is 13.8 Å². The summed E-state index contributed by atoms with van der Waals surface area (Å²) in [7, 11) is 0. The Balaban J connectivity index is 1.56. The molecular formula is C21H23N5OS. The van der Waals surface area contributed by atoms with Crippen LogP contribution in [0.4, 0.5) is 5.69 Å². The number of nitrogens with zero attached hydrogens (tertiary/aromatic N) is 5. The van der Waals surface area contributed by atoms with Crippen LogP contribution in [-0.4, -0.2) is 37.4 Å². The number of carbonyl (C=O) groups is 1. The Morgan fingerprint density at radius 3 is 2.75 bits per heavy atom. The lowest BCUT2D eigenvalue weighted by atomic mass is 10.1. The molecule has 0 N–H and O–H groups in total. The number of hydrogen-bond acceptors (Lipinski definition) is 5. The predicted octanol–water partition coefficient (Wildman–Crippen LogP) is 3.74. The molecule has 2 aromatic carbocycles. The lowest BCUT2D eigenvalue weighted by Gasteiger charge is -2.25. The second kappa shape index (κ2) is 7.39. The number of aromatic nitrogens is 4. The highest BCUT2D eigenvalue weighted by Gasteiger charge is 2.34. The van der Waals surface area contributed by atoms with E-state index in [2.05, 4.69) is 54.5 Å². The number of hydrogen-bond donors (Lipinski definition) is 0. The van der Waals surface area contributed by atoms with Crippen molar-refractivity contribution in [2.24, 2.45) is 0 Å². The maximum absolute atomic E-state index is 13.2. The van der Waals surface area contributed by atoms with Gasteiger partial charge in [0, 0.05) is 11.7 Å². The molecule has 0 radical (unpaired) electrons. The van der Waals surface area contributed by atoms with Gasteiger partial charge >= 0.3 is 0 Å². The maximum atomic E-state index is 13.2. The molecule has 0 bridgehead atoms. The highest BCUT2D eigenvalue weighted by atomic mass is 32.2. The summed E-state index contributed by atoms with van der Waals surface area (Å²) in [6, 6.07) is 14.4. The van der Waals surface area contributed by atoms with Gasteiger partial charge < -0.3 is 4.90 Å². The fourth-order valence-corrected chi connectivity index (χ4v) is 4.43. The topological polar surface area (TPSA) is 63.9 Å². The zero-order valence-corrected chi connectivity index (χ0v) is 17.3. The molecule has 7 heteroatoms. The zero-order chi connectivity index (χ0) is 19.8. The van der Waals surface area contributed by atoms with Crippen LogP contribution in [0.3, 0.4) is 0 Å². The summed E-state index contributed by atoms with van der Waals surface area (Å²) in [4.78, 5) is 15.1. The molecule has 1 aliphatic heterocycles. The minimum atomic E-state index is -0.301. The third-order valence-electron chi connectivity index (χ3n) is 5.25. The normalized spacial score (nSPS) is 16.9. The fraction of sp³-hybridized carbons (Fsp3) is 0.333. The quantitative estimate of drug-likeness (QED) is 0.632. The third-order valence-corrected chi connectivity index (χ3v) is 6.27. The summed E-state index contributed by atoms with van der Waals surface area (Å²) in [6.07, 6.45) is 0.889. The van der Waals surface area contributed by atoms with Gasteiger partial charge in [-0.25, -0.2) is 0 Å². The molecule has 6 nitrogen and oxygen atoms in total. The van der Waals surface area contributed by atoms with Crippen molar-refractivity contribution in [3.8, 4) is 5.69 Å². The van der Waals surface area contributed by atoms with E-state index in [1.165, 1.54) is 28.5 Å². The Morgan fingerprint density at radius 2 is 1.96 bits per heavy atom. The van der Waals surface area contributed by atoms with Crippen molar-refractivity contribution in [2.45, 2.75) is 50.6 Å². The van der Waals surface area contributed by atoms with E-state index in [-0.39, 0.29) is 17.2 Å². The third kappa shape index (κ3) is 3.30. The van der Waals surface area contributed by atoms with Crippen LogP contribution in [0.5, 0.6) is 0 Å². The molecule has 0 spiro atoms. The highest BCUT2D eigenvalue weighted by Crippen LogP contribution is 2.34. The van der Waals surface area contributed by atoms with Crippen LogP contribution >= 0.6 is 11.8 Å². The number of rotatable bonds is 4. The Bertz CT molecular complexity index is 1030. The number of anilines is 1. The average Bonchev–Trinajstić information content (AvgIpc) is 3.26. The van der Waals surface area contributed by atoms with E-state index >= 15 is 0 Å². The van der Waals surface area contributed by atoms with E-state index in [9.17, 15) is 4.79 Å². The van der Waals surface area contributed by atoms with Gasteiger partial charge in [0.05, 0.1) is 10.9 Å². The Morgan fingerprint density at radius 1 is 1.18 bits per heavy atom. The summed E-state index contributed by atoms with van der Waals surface area (Å²) in [5, 5.41) is 12.4. The van der Waals surface area contributed by atoms with Gasteiger partial charge in [-0.05, 0) is 79.4 Å². The molecule has 4 rings (SSSR count). The lowest BCUT2D eigenvalue weighted by Crippen LogP contribution is -2.40. The molecule has 1 aliphatic rings. The van der Waals surface area contributed by atoms with E-state index in [0.717, 1.165) is 17.8 Å². The number of fused-ring (bicyclic) bond motifs is 1. The van der Waals surface area contributed by atoms with Crippen LogP contribution in [0.1, 0.15) is 30.5 Å². The summed E-state index contributed by atoms with van der Waals surface area (Å²) in [5.74, 6) is 0.0806. The Kier molecular flexibility index (Phi) is 4.93. The lowest BCUT2D eigenvalue weighted by molar-refractivity contribution is -0.118. The molecule has 0 saturated carbocycles. The number of benzene rings is 2. The van der Waals surface area contributed by atoms with Gasteiger partial charge in [-0.3, -0.25) is 4.79 Å². The monoisotopic (exact) mass is 393 g/mol. The molecule has 0 saturated heterocycles. The second-order valence-corrected chi connectivity index (χ2v) is 8.60. The minimum absolute atomic E-state index is 0.0806. The highest BCUT2D eigenvalue weighted by molar-refractivity contribution is 8.00. The standard InChI is InChI=1S/C21H23N5OS/c1-13-9-10-18(11-14(13)2)26-21(22-23-24-26)28-16(4)20(27)25-15(3)12-17-7-5-6-8-19(17)25/h5-11,15-16H,12H2,1-4H3/t15-,16-/m0/s1. The molecule has 28 heavy (non-hydrogen) atoms. The molecular weight excluding hydrogens is 370 g/mol. The maximum Gasteiger partial charge on any atom is 0.240 e. The first-order chi connectivity index (χ1) is 13.5. The predicted molar refractivity (Wildman–Crippen MR) is 111 cm³/mol. The van der Waals surface area contributed by atoms with Crippen molar-refractivity contribution >= 4 is 23.4 Å². The van der Waals surface area contributed by atoms with Gasteiger partial charge in [0.15, 0.2) is 0 Å². The van der Waals surface area contributed by atoms with E-state index in [1.807, 2.05) is 36.1 Å². The van der Waals surface area contributed by atoms with E-state index in [0.29, 0.717) is 5.16 Å². The summed E-state index contributed by atoms with van der Waals surface area (Å²) in [6.45, 7) is 8.15. The summed E-state index contributed by atoms with van der Waals surface area (Å²) < 4.78 is 1.70. The van der Waals surface area contributed by atoms with Crippen LogP contribution < -0.4 is 4.90 Å². The van der Waals surface area contributed by atoms with Gasteiger partial charge in [-0.1, -0.05) is 36.0 Å². The SMILES string of the molecule is Cc1ccc(-n2nnnc2S[C@@H](C)C(=O)N2c3ccccc3C[C@@H]2C)cc1C. The fourth-order valence-electron chi connectivity index (χ4n) is 3.58. The molecule has 0 unspecified atom stereocenters. The van der Waals surface area contributed by atoms with Crippen LogP contribution in [-0.2, 0) is 11.2 Å². The van der Waals surface area contributed by atoms with E-state index in [1.54, 1.807) is 4.68 Å². The van der Waals surface area contributed by atoms with Crippen molar-refractivity contribution in [3.05, 3.63) is 59.2 Å². The van der Waals surface area contributed by atoms with Crippen LogP contribution in [0.25, 0.3) is 5.69 Å². The number of amides is 1. The van der Waals surface area contributed by atoms with Crippen molar-refractivity contribution in [3.63, 3.8) is 0 Å². The van der Waals surface area contributed by atoms with Gasteiger partial charge in [0.2, 0.25) is 11.1 Å². The van der Waals surface area contributed by atoms with Gasteiger partial charge in [-0.2, -0.15) is 4.68 Å². The van der Waals surface area contributed by atoms with Crippen molar-refractivity contribution < 1.29 is 4.79 Å². The first kappa shape index (κ1) is 18.7. The Labute approximate surface area is 168 Å². The summed E-state index contributed by atoms with van der Waals surface area (Å²) in [5.41, 5.74) is 5.53. The van der Waals surface area contributed by atoms with Gasteiger partial charge in [-0.15, -0.1) is 5.10 Å². The minimum Gasteiger partial charge on any atom is -0.308 e. The van der Waals surface area contributed by atoms with Crippen LogP contribution in [0.2, 0.25) is 0 Å².